The quantitative estimate of drug-likeness (QED) is 0.323. The van der Waals surface area contributed by atoms with Crippen LogP contribution in [0.4, 0.5) is 0 Å². The van der Waals surface area contributed by atoms with Crippen LogP contribution in [0.5, 0.6) is 17.2 Å². The fourth-order valence-corrected chi connectivity index (χ4v) is 4.68. The Morgan fingerprint density at radius 1 is 1.00 bits per heavy atom. The van der Waals surface area contributed by atoms with Crippen molar-refractivity contribution in [2.24, 2.45) is 0 Å². The van der Waals surface area contributed by atoms with Gasteiger partial charge in [-0.2, -0.15) is 0 Å². The number of benzene rings is 3. The van der Waals surface area contributed by atoms with E-state index in [0.29, 0.717) is 64.1 Å². The maximum atomic E-state index is 12.6. The van der Waals surface area contributed by atoms with Crippen LogP contribution in [0, 0.1) is 0 Å². The Bertz CT molecular complexity index is 1210. The van der Waals surface area contributed by atoms with E-state index in [1.807, 2.05) is 12.1 Å². The largest absolute Gasteiger partial charge is 1.00 e. The number of Topliss-reactive ketones (excluding diaryl/α,β-unsaturated/α-hetero) is 1. The zero-order valence-corrected chi connectivity index (χ0v) is 23.3. The third-order valence-corrected chi connectivity index (χ3v) is 6.32. The molecule has 35 heavy (non-hydrogen) atoms. The number of hydrogen-bond acceptors (Lipinski definition) is 5. The van der Waals surface area contributed by atoms with Crippen LogP contribution in [-0.4, -0.2) is 18.4 Å². The number of carbonyl (C=O) groups is 2. The van der Waals surface area contributed by atoms with Gasteiger partial charge in [0.2, 0.25) is 0 Å². The van der Waals surface area contributed by atoms with Crippen molar-refractivity contribution in [1.82, 2.24) is 0 Å². The maximum absolute atomic E-state index is 12.6. The predicted molar refractivity (Wildman–Crippen MR) is 130 cm³/mol. The minimum absolute atomic E-state index is 0. The van der Waals surface area contributed by atoms with Crippen LogP contribution in [0.3, 0.4) is 0 Å². The van der Waals surface area contributed by atoms with Crippen molar-refractivity contribution in [3.63, 3.8) is 0 Å². The van der Waals surface area contributed by atoms with Crippen molar-refractivity contribution < 1.29 is 53.7 Å². The van der Waals surface area contributed by atoms with E-state index in [-0.39, 0.29) is 47.0 Å². The number of aliphatic carboxylic acids is 1. The summed E-state index contributed by atoms with van der Waals surface area (Å²) in [6.07, 6.45) is 2.09. The van der Waals surface area contributed by atoms with Crippen molar-refractivity contribution in [1.29, 1.82) is 0 Å². The summed E-state index contributed by atoms with van der Waals surface area (Å²) < 4.78 is 11.4. The second-order valence-electron chi connectivity index (χ2n) is 8.01. The van der Waals surface area contributed by atoms with Gasteiger partial charge in [0.25, 0.3) is 0 Å². The molecule has 4 rings (SSSR count). The summed E-state index contributed by atoms with van der Waals surface area (Å²) >= 11 is 18.4. The van der Waals surface area contributed by atoms with Gasteiger partial charge in [0.05, 0.1) is 11.6 Å². The van der Waals surface area contributed by atoms with Gasteiger partial charge in [0, 0.05) is 45.5 Å². The van der Waals surface area contributed by atoms with E-state index in [2.05, 4.69) is 0 Å². The molecule has 3 aromatic carbocycles. The molecule has 0 saturated heterocycles. The smallest absolute Gasteiger partial charge is 0.549 e. The molecule has 9 heteroatoms. The number of carboxylic acids is 1. The number of rotatable bonds is 8. The first-order valence-electron chi connectivity index (χ1n) is 10.7. The third-order valence-electron chi connectivity index (χ3n) is 5.58. The number of ether oxygens (including phenoxy) is 2. The molecule has 5 nitrogen and oxygen atoms in total. The van der Waals surface area contributed by atoms with Crippen LogP contribution in [0.25, 0.3) is 0 Å². The fourth-order valence-electron chi connectivity index (χ4n) is 3.90. The zero-order valence-electron chi connectivity index (χ0n) is 19.0. The van der Waals surface area contributed by atoms with Crippen LogP contribution in [0.1, 0.15) is 46.7 Å². The van der Waals surface area contributed by atoms with Crippen LogP contribution in [0.2, 0.25) is 15.1 Å². The molecule has 0 bridgehead atoms. The van der Waals surface area contributed by atoms with Gasteiger partial charge in [0.1, 0.15) is 17.2 Å². The molecule has 1 aliphatic rings. The molecule has 1 aliphatic heterocycles. The molecule has 1 unspecified atom stereocenters. The molecule has 0 N–H and O–H groups in total. The van der Waals surface area contributed by atoms with Gasteiger partial charge in [-0.1, -0.05) is 34.8 Å². The van der Waals surface area contributed by atoms with Gasteiger partial charge in [-0.15, -0.1) is 0 Å². The molecule has 176 valence electrons. The summed E-state index contributed by atoms with van der Waals surface area (Å²) in [5.74, 6) is -0.680. The summed E-state index contributed by atoms with van der Waals surface area (Å²) in [7, 11) is 0. The minimum Gasteiger partial charge on any atom is -0.549 e. The summed E-state index contributed by atoms with van der Waals surface area (Å²) in [6.45, 7) is 0.272. The van der Waals surface area contributed by atoms with E-state index in [1.54, 1.807) is 36.4 Å². The number of fused-ring (bicyclic) bond motifs is 1. The first-order valence-corrected chi connectivity index (χ1v) is 11.9. The number of carboxylic acid groups (broad SMARTS) is 1. The number of aryl methyl sites for hydroxylation is 1. The minimum atomic E-state index is -1.16. The maximum Gasteiger partial charge on any atom is 1.00 e. The second kappa shape index (κ2) is 12.5. The van der Waals surface area contributed by atoms with Crippen molar-refractivity contribution in [2.45, 2.75) is 31.6 Å². The van der Waals surface area contributed by atoms with Gasteiger partial charge in [-0.25, -0.2) is 0 Å². The Morgan fingerprint density at radius 2 is 1.69 bits per heavy atom. The summed E-state index contributed by atoms with van der Waals surface area (Å²) in [4.78, 5) is 23.9. The fraction of sp³-hybridized carbons (Fsp3) is 0.231. The Labute approximate surface area is 240 Å². The van der Waals surface area contributed by atoms with Gasteiger partial charge >= 0.3 is 29.6 Å². The molecule has 1 atom stereocenters. The van der Waals surface area contributed by atoms with Gasteiger partial charge in [0.15, 0.2) is 5.78 Å². The average molecular weight is 542 g/mol. The van der Waals surface area contributed by atoms with E-state index in [9.17, 15) is 14.7 Å². The van der Waals surface area contributed by atoms with Crippen molar-refractivity contribution >= 4 is 46.6 Å². The Balaban J connectivity index is 0.00000342. The van der Waals surface area contributed by atoms with Crippen LogP contribution in [-0.2, 0) is 11.2 Å². The topological polar surface area (TPSA) is 75.7 Å². The Morgan fingerprint density at radius 3 is 2.34 bits per heavy atom. The summed E-state index contributed by atoms with van der Waals surface area (Å²) in [5.41, 5.74) is 2.05. The van der Waals surface area contributed by atoms with E-state index < -0.39 is 11.9 Å². The Hall–Kier alpha value is -1.73. The molecule has 0 aromatic heterocycles. The molecule has 0 spiro atoms. The van der Waals surface area contributed by atoms with E-state index in [4.69, 9.17) is 44.3 Å². The number of halogens is 3. The van der Waals surface area contributed by atoms with Crippen LogP contribution < -0.4 is 44.1 Å². The first-order chi connectivity index (χ1) is 16.3. The van der Waals surface area contributed by atoms with E-state index in [0.717, 1.165) is 5.56 Å². The third kappa shape index (κ3) is 7.16. The number of ketones is 1. The standard InChI is InChI=1S/C26H21Cl3O5.Na/c27-17-10-15(11-18(28)12-17)2-1-3-23(30)16-4-6-19(7-5-16)34-25-14-24-21(13-22(25)29)20(26(31)32)8-9-33-24;/h4-7,10-14,20H,1-3,8-9H2,(H,31,32);/q;+1/p-1. The SMILES string of the molecule is O=C(CCCc1cc(Cl)cc(Cl)c1)c1ccc(Oc2cc3c(cc2Cl)C(C(=O)[O-])CCO3)cc1.[Na+]. The molecule has 0 radical (unpaired) electrons. The molecule has 0 amide bonds. The number of hydrogen-bond donors (Lipinski definition) is 0. The van der Waals surface area contributed by atoms with E-state index in [1.165, 1.54) is 6.07 Å². The zero-order chi connectivity index (χ0) is 24.2. The summed E-state index contributed by atoms with van der Waals surface area (Å²) in [5, 5.41) is 12.8. The molecular weight excluding hydrogens is 522 g/mol. The monoisotopic (exact) mass is 540 g/mol. The molecule has 0 aliphatic carbocycles. The van der Waals surface area contributed by atoms with Crippen molar-refractivity contribution in [3.05, 3.63) is 86.4 Å². The Kier molecular flexibility index (Phi) is 9.94. The van der Waals surface area contributed by atoms with Crippen molar-refractivity contribution in [3.8, 4) is 17.2 Å². The average Bonchev–Trinajstić information content (AvgIpc) is 2.79. The predicted octanol–water partition coefficient (Wildman–Crippen LogP) is 3.26. The van der Waals surface area contributed by atoms with Crippen molar-refractivity contribution in [2.75, 3.05) is 6.61 Å². The van der Waals surface area contributed by atoms with Gasteiger partial charge in [-0.3, -0.25) is 4.79 Å². The van der Waals surface area contributed by atoms with Gasteiger partial charge < -0.3 is 19.4 Å². The molecule has 0 saturated carbocycles. The molecule has 1 heterocycles. The molecular formula is C26H20Cl3NaO5. The van der Waals surface area contributed by atoms with Gasteiger partial charge in [-0.05, 0) is 73.4 Å². The molecule has 3 aromatic rings. The van der Waals surface area contributed by atoms with Crippen LogP contribution >= 0.6 is 34.8 Å². The first kappa shape index (κ1) is 27.9. The normalized spacial score (nSPS) is 14.3. The summed E-state index contributed by atoms with van der Waals surface area (Å²) in [6, 6.07) is 15.3. The van der Waals surface area contributed by atoms with Crippen LogP contribution in [0.15, 0.2) is 54.6 Å². The second-order valence-corrected chi connectivity index (χ2v) is 9.29. The molecule has 0 fully saturated rings. The van der Waals surface area contributed by atoms with E-state index >= 15 is 0 Å². The number of carbonyl (C=O) groups excluding carboxylic acids is 2.